The van der Waals surface area contributed by atoms with Gasteiger partial charge in [0.25, 0.3) is 10.0 Å². The Balaban J connectivity index is 2.40. The summed E-state index contributed by atoms with van der Waals surface area (Å²) in [6.45, 7) is 0. The zero-order chi connectivity index (χ0) is 14.9. The van der Waals surface area contributed by atoms with Gasteiger partial charge in [0, 0.05) is 12.1 Å². The maximum Gasteiger partial charge on any atom is 0.262 e. The zero-order valence-electron chi connectivity index (χ0n) is 9.70. The summed E-state index contributed by atoms with van der Waals surface area (Å²) >= 11 is 0. The molecule has 0 saturated carbocycles. The fourth-order valence-electron chi connectivity index (χ4n) is 1.51. The molecule has 0 unspecified atom stereocenters. The van der Waals surface area contributed by atoms with E-state index in [9.17, 15) is 26.0 Å². The highest BCUT2D eigenvalue weighted by Crippen LogP contribution is 2.19. The summed E-state index contributed by atoms with van der Waals surface area (Å²) in [4.78, 5) is -0.695. The van der Waals surface area contributed by atoms with Crippen molar-refractivity contribution in [3.05, 3.63) is 59.7 Å². The molecule has 0 atom stereocenters. The van der Waals surface area contributed by atoms with Gasteiger partial charge in [-0.2, -0.15) is 0 Å². The van der Waals surface area contributed by atoms with Crippen LogP contribution in [-0.2, 0) is 10.0 Å². The quantitative estimate of drug-likeness (QED) is 0.886. The monoisotopic (exact) mass is 305 g/mol. The minimum absolute atomic E-state index is 0.396. The average Bonchev–Trinajstić information content (AvgIpc) is 2.25. The molecule has 3 nitrogen and oxygen atoms in total. The van der Waals surface area contributed by atoms with Crippen molar-refractivity contribution in [2.24, 2.45) is 0 Å². The molecule has 0 saturated heterocycles. The van der Waals surface area contributed by atoms with E-state index in [4.69, 9.17) is 0 Å². The zero-order valence-corrected chi connectivity index (χ0v) is 10.5. The number of benzene rings is 2. The Kier molecular flexibility index (Phi) is 3.67. The van der Waals surface area contributed by atoms with E-state index in [2.05, 4.69) is 0 Å². The lowest BCUT2D eigenvalue weighted by Crippen LogP contribution is -2.14. The SMILES string of the molecule is O=S(=O)(Nc1cc(F)cc(F)c1)c1cc(F)cc(F)c1. The van der Waals surface area contributed by atoms with E-state index < -0.39 is 43.9 Å². The first-order valence-electron chi connectivity index (χ1n) is 5.21. The van der Waals surface area contributed by atoms with E-state index in [0.29, 0.717) is 24.3 Å². The third-order valence-electron chi connectivity index (χ3n) is 2.26. The van der Waals surface area contributed by atoms with E-state index in [0.717, 1.165) is 12.1 Å². The Morgan fingerprint density at radius 3 is 1.55 bits per heavy atom. The van der Waals surface area contributed by atoms with Crippen LogP contribution in [0.1, 0.15) is 0 Å². The summed E-state index contributed by atoms with van der Waals surface area (Å²) in [7, 11) is -4.36. The standard InChI is InChI=1S/C12H7F4NO2S/c13-7-1-8(14)4-11(3-7)17-20(18,19)12-5-9(15)2-10(16)6-12/h1-6,17H. The number of hydrogen-bond acceptors (Lipinski definition) is 2. The molecule has 1 N–H and O–H groups in total. The Bertz CT molecular complexity index is 722. The maximum absolute atomic E-state index is 13.0. The predicted octanol–water partition coefficient (Wildman–Crippen LogP) is 3.04. The molecule has 2 rings (SSSR count). The van der Waals surface area contributed by atoms with Crippen LogP contribution in [0, 0.1) is 23.3 Å². The van der Waals surface area contributed by atoms with Crippen molar-refractivity contribution in [3.63, 3.8) is 0 Å². The maximum atomic E-state index is 13.0. The Morgan fingerprint density at radius 1 is 0.700 bits per heavy atom. The van der Waals surface area contributed by atoms with E-state index >= 15 is 0 Å². The number of halogens is 4. The fraction of sp³-hybridized carbons (Fsp3) is 0. The number of anilines is 1. The third-order valence-corrected chi connectivity index (χ3v) is 3.62. The molecule has 20 heavy (non-hydrogen) atoms. The number of sulfonamides is 1. The second-order valence-electron chi connectivity index (χ2n) is 3.87. The van der Waals surface area contributed by atoms with Crippen LogP contribution in [-0.4, -0.2) is 8.42 Å². The molecular formula is C12H7F4NO2S. The summed E-state index contributed by atoms with van der Waals surface area (Å²) in [5.41, 5.74) is -0.396. The predicted molar refractivity (Wildman–Crippen MR) is 63.5 cm³/mol. The van der Waals surface area contributed by atoms with Crippen LogP contribution in [0.25, 0.3) is 0 Å². The lowest BCUT2D eigenvalue weighted by molar-refractivity contribution is 0.568. The van der Waals surface area contributed by atoms with Crippen LogP contribution in [0.2, 0.25) is 0 Å². The van der Waals surface area contributed by atoms with Crippen LogP contribution in [0.15, 0.2) is 41.3 Å². The summed E-state index contributed by atoms with van der Waals surface area (Å²) in [5.74, 6) is -4.16. The van der Waals surface area contributed by atoms with Crippen molar-refractivity contribution < 1.29 is 26.0 Å². The molecule has 106 valence electrons. The summed E-state index contributed by atoms with van der Waals surface area (Å²) in [5, 5.41) is 0. The largest absolute Gasteiger partial charge is 0.279 e. The van der Waals surface area contributed by atoms with Crippen molar-refractivity contribution in [1.29, 1.82) is 0 Å². The minimum atomic E-state index is -4.36. The van der Waals surface area contributed by atoms with Crippen molar-refractivity contribution in [1.82, 2.24) is 0 Å². The third kappa shape index (κ3) is 3.27. The number of nitrogens with one attached hydrogen (secondary N) is 1. The Hall–Kier alpha value is -2.09. The summed E-state index contributed by atoms with van der Waals surface area (Å²) in [6, 6.07) is 3.69. The van der Waals surface area contributed by atoms with Crippen molar-refractivity contribution >= 4 is 15.7 Å². The van der Waals surface area contributed by atoms with Crippen LogP contribution in [0.5, 0.6) is 0 Å². The van der Waals surface area contributed by atoms with E-state index in [1.54, 1.807) is 0 Å². The minimum Gasteiger partial charge on any atom is -0.279 e. The highest BCUT2D eigenvalue weighted by Gasteiger charge is 2.17. The summed E-state index contributed by atoms with van der Waals surface area (Å²) < 4.78 is 77.3. The Morgan fingerprint density at radius 2 is 1.10 bits per heavy atom. The second-order valence-corrected chi connectivity index (χ2v) is 5.55. The highest BCUT2D eigenvalue weighted by molar-refractivity contribution is 7.92. The lowest BCUT2D eigenvalue weighted by Gasteiger charge is -2.08. The molecule has 0 amide bonds. The van der Waals surface area contributed by atoms with Crippen LogP contribution < -0.4 is 4.72 Å². The van der Waals surface area contributed by atoms with Gasteiger partial charge in [0.05, 0.1) is 10.6 Å². The van der Waals surface area contributed by atoms with Crippen molar-refractivity contribution in [2.45, 2.75) is 4.90 Å². The molecular weight excluding hydrogens is 298 g/mol. The van der Waals surface area contributed by atoms with Gasteiger partial charge in [-0.3, -0.25) is 4.72 Å². The van der Waals surface area contributed by atoms with E-state index in [1.807, 2.05) is 4.72 Å². The molecule has 0 fully saturated rings. The second kappa shape index (κ2) is 5.12. The van der Waals surface area contributed by atoms with Crippen molar-refractivity contribution in [3.8, 4) is 0 Å². The molecule has 0 heterocycles. The highest BCUT2D eigenvalue weighted by atomic mass is 32.2. The van der Waals surface area contributed by atoms with Crippen LogP contribution in [0.4, 0.5) is 23.2 Å². The smallest absolute Gasteiger partial charge is 0.262 e. The molecule has 0 spiro atoms. The fourth-order valence-corrected chi connectivity index (χ4v) is 2.59. The number of hydrogen-bond donors (Lipinski definition) is 1. The molecule has 0 bridgehead atoms. The molecule has 0 aliphatic carbocycles. The average molecular weight is 305 g/mol. The molecule has 2 aromatic carbocycles. The van der Waals surface area contributed by atoms with Crippen LogP contribution >= 0.6 is 0 Å². The molecule has 8 heteroatoms. The van der Waals surface area contributed by atoms with Gasteiger partial charge in [0.15, 0.2) is 0 Å². The van der Waals surface area contributed by atoms with Gasteiger partial charge in [-0.15, -0.1) is 0 Å². The van der Waals surface area contributed by atoms with Gasteiger partial charge >= 0.3 is 0 Å². The lowest BCUT2D eigenvalue weighted by atomic mass is 10.3. The van der Waals surface area contributed by atoms with E-state index in [-0.39, 0.29) is 0 Å². The van der Waals surface area contributed by atoms with Gasteiger partial charge < -0.3 is 0 Å². The number of rotatable bonds is 3. The van der Waals surface area contributed by atoms with Crippen molar-refractivity contribution in [2.75, 3.05) is 4.72 Å². The van der Waals surface area contributed by atoms with Gasteiger partial charge in [-0.05, 0) is 24.3 Å². The Labute approximate surface area is 111 Å². The molecule has 0 radical (unpaired) electrons. The van der Waals surface area contributed by atoms with Gasteiger partial charge in [0.1, 0.15) is 23.3 Å². The first-order chi connectivity index (χ1) is 9.26. The first kappa shape index (κ1) is 14.3. The normalized spacial score (nSPS) is 11.4. The van der Waals surface area contributed by atoms with Gasteiger partial charge in [0.2, 0.25) is 0 Å². The van der Waals surface area contributed by atoms with Gasteiger partial charge in [-0.1, -0.05) is 0 Å². The first-order valence-corrected chi connectivity index (χ1v) is 6.69. The molecule has 0 aliphatic heterocycles. The topological polar surface area (TPSA) is 46.2 Å². The molecule has 0 aliphatic rings. The van der Waals surface area contributed by atoms with Gasteiger partial charge in [-0.25, -0.2) is 26.0 Å². The molecule has 0 aromatic heterocycles. The van der Waals surface area contributed by atoms with E-state index in [1.165, 1.54) is 0 Å². The summed E-state index contributed by atoms with van der Waals surface area (Å²) in [6.07, 6.45) is 0. The van der Waals surface area contributed by atoms with Crippen LogP contribution in [0.3, 0.4) is 0 Å². The molecule has 2 aromatic rings.